The van der Waals surface area contributed by atoms with Crippen LogP contribution in [0, 0.1) is 11.3 Å². The minimum atomic E-state index is -0.850. The number of hydrogen-bond donors (Lipinski definition) is 1. The maximum atomic E-state index is 12.0. The van der Waals surface area contributed by atoms with Crippen molar-refractivity contribution in [3.63, 3.8) is 0 Å². The molecule has 1 amide bonds. The van der Waals surface area contributed by atoms with E-state index in [4.69, 9.17) is 14.7 Å². The molecular formula is C16H20N2O4S. The first kappa shape index (κ1) is 18.8. The van der Waals surface area contributed by atoms with E-state index in [1.54, 1.807) is 36.0 Å². The molecule has 0 spiro atoms. The van der Waals surface area contributed by atoms with Gasteiger partial charge < -0.3 is 14.8 Å². The second kappa shape index (κ2) is 10.5. The van der Waals surface area contributed by atoms with Gasteiger partial charge in [-0.15, -0.1) is 0 Å². The summed E-state index contributed by atoms with van der Waals surface area (Å²) in [6.45, 7) is 1.28. The van der Waals surface area contributed by atoms with E-state index in [-0.39, 0.29) is 6.61 Å². The Bertz CT molecular complexity index is 545. The van der Waals surface area contributed by atoms with Gasteiger partial charge in [0.05, 0.1) is 0 Å². The highest BCUT2D eigenvalue weighted by molar-refractivity contribution is 7.98. The fourth-order valence-corrected chi connectivity index (χ4v) is 2.14. The molecule has 124 valence electrons. The highest BCUT2D eigenvalue weighted by Gasteiger charge is 2.23. The van der Waals surface area contributed by atoms with Gasteiger partial charge in [-0.2, -0.15) is 17.0 Å². The Morgan fingerprint density at radius 2 is 2.04 bits per heavy atom. The third-order valence-corrected chi connectivity index (χ3v) is 3.46. The quantitative estimate of drug-likeness (QED) is 0.691. The number of esters is 1. The highest BCUT2D eigenvalue weighted by Crippen LogP contribution is 2.08. The third-order valence-electron chi connectivity index (χ3n) is 2.82. The van der Waals surface area contributed by atoms with Crippen molar-refractivity contribution in [2.24, 2.45) is 0 Å². The molecule has 1 aromatic carbocycles. The van der Waals surface area contributed by atoms with E-state index in [1.165, 1.54) is 6.92 Å². The molecular weight excluding hydrogens is 316 g/mol. The van der Waals surface area contributed by atoms with Crippen molar-refractivity contribution in [1.29, 1.82) is 5.26 Å². The zero-order chi connectivity index (χ0) is 17.1. The van der Waals surface area contributed by atoms with Gasteiger partial charge in [0, 0.05) is 0 Å². The zero-order valence-corrected chi connectivity index (χ0v) is 14.0. The lowest BCUT2D eigenvalue weighted by molar-refractivity contribution is -0.150. The summed E-state index contributed by atoms with van der Waals surface area (Å²) >= 11 is 1.55. The second-order valence-electron chi connectivity index (χ2n) is 4.71. The summed E-state index contributed by atoms with van der Waals surface area (Å²) < 4.78 is 10.3. The van der Waals surface area contributed by atoms with Crippen LogP contribution >= 0.6 is 11.8 Å². The number of rotatable bonds is 9. The van der Waals surface area contributed by atoms with E-state index >= 15 is 0 Å². The first-order chi connectivity index (χ1) is 11.1. The first-order valence-electron chi connectivity index (χ1n) is 7.13. The van der Waals surface area contributed by atoms with Gasteiger partial charge in [0.25, 0.3) is 5.91 Å². The van der Waals surface area contributed by atoms with Gasteiger partial charge in [-0.25, -0.2) is 4.79 Å². The number of nitriles is 1. The topological polar surface area (TPSA) is 88.4 Å². The number of carbonyl (C=O) groups excluding carboxylic acids is 2. The Morgan fingerprint density at radius 3 is 2.65 bits per heavy atom. The van der Waals surface area contributed by atoms with Crippen LogP contribution in [0.4, 0.5) is 0 Å². The standard InChI is InChI=1S/C16H20N2O4S/c1-12(10-17)22-16(20)14(8-9-23-2)18-15(19)11-21-13-6-4-3-5-7-13/h3-7,12,14H,8-9,11H2,1-2H3,(H,18,19)/t12-,14+/m0/s1. The first-order valence-corrected chi connectivity index (χ1v) is 8.52. The fourth-order valence-electron chi connectivity index (χ4n) is 1.67. The van der Waals surface area contributed by atoms with Crippen LogP contribution in [0.15, 0.2) is 30.3 Å². The van der Waals surface area contributed by atoms with Gasteiger partial charge >= 0.3 is 5.97 Å². The Hall–Kier alpha value is -2.20. The third kappa shape index (κ3) is 7.56. The average Bonchev–Trinajstić information content (AvgIpc) is 2.57. The Morgan fingerprint density at radius 1 is 1.35 bits per heavy atom. The van der Waals surface area contributed by atoms with E-state index in [0.717, 1.165) is 0 Å². The normalized spacial score (nSPS) is 12.6. The Kier molecular flexibility index (Phi) is 8.62. The molecule has 0 saturated carbocycles. The fraction of sp³-hybridized carbons (Fsp3) is 0.438. The largest absolute Gasteiger partial charge is 0.484 e. The number of nitrogens with one attached hydrogen (secondary N) is 1. The SMILES string of the molecule is CSCC[C@@H](NC(=O)COc1ccccc1)C(=O)O[C@@H](C)C#N. The molecule has 0 aliphatic carbocycles. The molecule has 0 radical (unpaired) electrons. The molecule has 1 aromatic rings. The van der Waals surface area contributed by atoms with Crippen LogP contribution in [-0.4, -0.2) is 42.6 Å². The maximum absolute atomic E-state index is 12.0. The lowest BCUT2D eigenvalue weighted by Crippen LogP contribution is -2.44. The van der Waals surface area contributed by atoms with Crippen LogP contribution in [0.1, 0.15) is 13.3 Å². The molecule has 1 rings (SSSR count). The molecule has 0 aliphatic heterocycles. The molecule has 0 aromatic heterocycles. The molecule has 1 N–H and O–H groups in total. The lowest BCUT2D eigenvalue weighted by Gasteiger charge is -2.18. The van der Waals surface area contributed by atoms with Crippen LogP contribution in [-0.2, 0) is 14.3 Å². The number of para-hydroxylation sites is 1. The summed E-state index contributed by atoms with van der Waals surface area (Å²) in [5, 5.41) is 11.3. The summed E-state index contributed by atoms with van der Waals surface area (Å²) in [6, 6.07) is 9.96. The van der Waals surface area contributed by atoms with E-state index in [2.05, 4.69) is 5.32 Å². The summed E-state index contributed by atoms with van der Waals surface area (Å²) in [7, 11) is 0. The highest BCUT2D eigenvalue weighted by atomic mass is 32.2. The summed E-state index contributed by atoms with van der Waals surface area (Å²) in [4.78, 5) is 23.9. The number of benzene rings is 1. The number of ether oxygens (including phenoxy) is 2. The van der Waals surface area contributed by atoms with Gasteiger partial charge in [-0.05, 0) is 37.5 Å². The van der Waals surface area contributed by atoms with Gasteiger partial charge in [0.2, 0.25) is 0 Å². The number of carbonyl (C=O) groups is 2. The van der Waals surface area contributed by atoms with Crippen molar-refractivity contribution in [1.82, 2.24) is 5.32 Å². The van der Waals surface area contributed by atoms with Gasteiger partial charge in [-0.3, -0.25) is 4.79 Å². The Balaban J connectivity index is 2.52. The van der Waals surface area contributed by atoms with E-state index in [9.17, 15) is 9.59 Å². The second-order valence-corrected chi connectivity index (χ2v) is 5.70. The molecule has 0 saturated heterocycles. The predicted molar refractivity (Wildman–Crippen MR) is 88.0 cm³/mol. The molecule has 0 heterocycles. The smallest absolute Gasteiger partial charge is 0.329 e. The van der Waals surface area contributed by atoms with Crippen molar-refractivity contribution >= 4 is 23.6 Å². The average molecular weight is 336 g/mol. The number of thioether (sulfide) groups is 1. The van der Waals surface area contributed by atoms with Crippen LogP contribution in [0.3, 0.4) is 0 Å². The molecule has 2 atom stereocenters. The molecule has 23 heavy (non-hydrogen) atoms. The summed E-state index contributed by atoms with van der Waals surface area (Å²) in [6.07, 6.45) is 1.48. The minimum Gasteiger partial charge on any atom is -0.484 e. The Labute approximate surface area is 140 Å². The molecule has 0 bridgehead atoms. The van der Waals surface area contributed by atoms with Crippen molar-refractivity contribution in [2.45, 2.75) is 25.5 Å². The molecule has 0 fully saturated rings. The van der Waals surface area contributed by atoms with Crippen LogP contribution in [0.2, 0.25) is 0 Å². The minimum absolute atomic E-state index is 0.194. The van der Waals surface area contributed by atoms with E-state index in [0.29, 0.717) is 17.9 Å². The van der Waals surface area contributed by atoms with Crippen molar-refractivity contribution in [2.75, 3.05) is 18.6 Å². The van der Waals surface area contributed by atoms with Gasteiger partial charge in [-0.1, -0.05) is 18.2 Å². The predicted octanol–water partition coefficient (Wildman–Crippen LogP) is 1.76. The van der Waals surface area contributed by atoms with Crippen LogP contribution < -0.4 is 10.1 Å². The number of hydrogen-bond acceptors (Lipinski definition) is 6. The maximum Gasteiger partial charge on any atom is 0.329 e. The number of nitrogens with zero attached hydrogens (tertiary/aromatic N) is 1. The van der Waals surface area contributed by atoms with Gasteiger partial charge in [0.1, 0.15) is 17.9 Å². The van der Waals surface area contributed by atoms with E-state index in [1.807, 2.05) is 18.4 Å². The summed E-state index contributed by atoms with van der Waals surface area (Å²) in [5.74, 6) is 0.229. The van der Waals surface area contributed by atoms with Crippen LogP contribution in [0.5, 0.6) is 5.75 Å². The number of amides is 1. The van der Waals surface area contributed by atoms with Crippen molar-refractivity contribution in [3.8, 4) is 11.8 Å². The zero-order valence-electron chi connectivity index (χ0n) is 13.2. The van der Waals surface area contributed by atoms with Crippen molar-refractivity contribution < 1.29 is 19.1 Å². The van der Waals surface area contributed by atoms with E-state index < -0.39 is 24.0 Å². The molecule has 0 aliphatic rings. The van der Waals surface area contributed by atoms with Crippen LogP contribution in [0.25, 0.3) is 0 Å². The molecule has 6 nitrogen and oxygen atoms in total. The lowest BCUT2D eigenvalue weighted by atomic mass is 10.2. The summed E-state index contributed by atoms with van der Waals surface area (Å²) in [5.41, 5.74) is 0. The van der Waals surface area contributed by atoms with Crippen molar-refractivity contribution in [3.05, 3.63) is 30.3 Å². The van der Waals surface area contributed by atoms with Gasteiger partial charge in [0.15, 0.2) is 12.7 Å². The molecule has 0 unspecified atom stereocenters. The monoisotopic (exact) mass is 336 g/mol. The molecule has 7 heteroatoms.